The number of fused-ring (bicyclic) bond motifs is 1. The maximum atomic E-state index is 13.2. The molecule has 0 radical (unpaired) electrons. The zero-order valence-electron chi connectivity index (χ0n) is 16.5. The summed E-state index contributed by atoms with van der Waals surface area (Å²) in [6.07, 6.45) is -0.384. The minimum Gasteiger partial charge on any atom is -0.490 e. The first-order chi connectivity index (χ1) is 15.0. The van der Waals surface area contributed by atoms with Gasteiger partial charge in [-0.3, -0.25) is 4.79 Å². The molecule has 0 bridgehead atoms. The number of hydrogen-bond donors (Lipinski definition) is 1. The summed E-state index contributed by atoms with van der Waals surface area (Å²) >= 11 is 6.00. The van der Waals surface area contributed by atoms with E-state index in [4.69, 9.17) is 25.8 Å². The van der Waals surface area contributed by atoms with E-state index in [-0.39, 0.29) is 30.9 Å². The minimum atomic E-state index is -0.926. The topological polar surface area (TPSA) is 65.0 Å². The Labute approximate surface area is 183 Å². The summed E-state index contributed by atoms with van der Waals surface area (Å²) in [6, 6.07) is 18.3. The van der Waals surface area contributed by atoms with Crippen LogP contribution < -0.4 is 14.2 Å². The number of hydrogen-bond acceptors (Lipinski definition) is 4. The van der Waals surface area contributed by atoms with Crippen molar-refractivity contribution >= 4 is 17.6 Å². The van der Waals surface area contributed by atoms with Crippen molar-refractivity contribution in [1.82, 2.24) is 0 Å². The molecule has 5 nitrogen and oxygen atoms in total. The standard InChI is InChI=1S/C24H20ClFO5/c25-17-5-10-22-23(11-17)31-20(14-30-22)13-29-19-8-3-16(4-9-19)21(12-24(27)28)15-1-6-18(26)7-2-15/h1-11,20-21H,12-14H2,(H,27,28). The third-order valence-corrected chi connectivity index (χ3v) is 5.23. The van der Waals surface area contributed by atoms with E-state index in [0.717, 1.165) is 11.1 Å². The van der Waals surface area contributed by atoms with Crippen LogP contribution in [-0.4, -0.2) is 30.4 Å². The van der Waals surface area contributed by atoms with Gasteiger partial charge in [0.05, 0.1) is 6.42 Å². The van der Waals surface area contributed by atoms with Crippen molar-refractivity contribution in [2.45, 2.75) is 18.4 Å². The highest BCUT2D eigenvalue weighted by atomic mass is 35.5. The second-order valence-electron chi connectivity index (χ2n) is 7.22. The van der Waals surface area contributed by atoms with Crippen molar-refractivity contribution in [2.75, 3.05) is 13.2 Å². The van der Waals surface area contributed by atoms with Crippen LogP contribution in [0.15, 0.2) is 66.7 Å². The van der Waals surface area contributed by atoms with Gasteiger partial charge in [-0.25, -0.2) is 4.39 Å². The van der Waals surface area contributed by atoms with Crippen molar-refractivity contribution < 1.29 is 28.5 Å². The molecule has 4 rings (SSSR count). The van der Waals surface area contributed by atoms with Crippen LogP contribution in [0, 0.1) is 5.82 Å². The fourth-order valence-corrected chi connectivity index (χ4v) is 3.62. The van der Waals surface area contributed by atoms with Gasteiger partial charge in [0.15, 0.2) is 17.6 Å². The van der Waals surface area contributed by atoms with Gasteiger partial charge >= 0.3 is 5.97 Å². The maximum absolute atomic E-state index is 13.2. The van der Waals surface area contributed by atoms with Gasteiger partial charge in [0, 0.05) is 17.0 Å². The summed E-state index contributed by atoms with van der Waals surface area (Å²) < 4.78 is 30.6. The summed E-state index contributed by atoms with van der Waals surface area (Å²) in [5.41, 5.74) is 1.55. The Hall–Kier alpha value is -3.25. The van der Waals surface area contributed by atoms with Crippen LogP contribution >= 0.6 is 11.6 Å². The highest BCUT2D eigenvalue weighted by molar-refractivity contribution is 6.30. The van der Waals surface area contributed by atoms with Crippen molar-refractivity contribution in [3.8, 4) is 17.2 Å². The number of benzene rings is 3. The number of carboxylic acids is 1. The number of carboxylic acid groups (broad SMARTS) is 1. The van der Waals surface area contributed by atoms with E-state index >= 15 is 0 Å². The summed E-state index contributed by atoms with van der Waals surface area (Å²) in [5.74, 6) is 0.180. The van der Waals surface area contributed by atoms with Gasteiger partial charge in [0.1, 0.15) is 24.8 Å². The summed E-state index contributed by atoms with van der Waals surface area (Å²) in [5, 5.41) is 9.86. The summed E-state index contributed by atoms with van der Waals surface area (Å²) in [6.45, 7) is 0.639. The summed E-state index contributed by atoms with van der Waals surface area (Å²) in [4.78, 5) is 11.3. The average Bonchev–Trinajstić information content (AvgIpc) is 2.77. The van der Waals surface area contributed by atoms with Crippen molar-refractivity contribution in [2.24, 2.45) is 0 Å². The van der Waals surface area contributed by atoms with Gasteiger partial charge < -0.3 is 19.3 Å². The SMILES string of the molecule is O=C(O)CC(c1ccc(F)cc1)c1ccc(OCC2COc3ccc(Cl)cc3O2)cc1. The summed E-state index contributed by atoms with van der Waals surface area (Å²) in [7, 11) is 0. The molecule has 0 aromatic heterocycles. The lowest BCUT2D eigenvalue weighted by Crippen LogP contribution is -2.34. The molecule has 3 aromatic rings. The van der Waals surface area contributed by atoms with Crippen LogP contribution in [0.5, 0.6) is 17.2 Å². The molecule has 0 aliphatic carbocycles. The van der Waals surface area contributed by atoms with E-state index in [9.17, 15) is 14.3 Å². The van der Waals surface area contributed by atoms with E-state index in [1.165, 1.54) is 12.1 Å². The highest BCUT2D eigenvalue weighted by Crippen LogP contribution is 2.34. The lowest BCUT2D eigenvalue weighted by molar-refractivity contribution is -0.137. The predicted octanol–water partition coefficient (Wildman–Crippen LogP) is 5.30. The molecule has 3 aromatic carbocycles. The fraction of sp³-hybridized carbons (Fsp3) is 0.208. The molecule has 31 heavy (non-hydrogen) atoms. The first-order valence-electron chi connectivity index (χ1n) is 9.77. The zero-order valence-corrected chi connectivity index (χ0v) is 17.2. The van der Waals surface area contributed by atoms with Crippen LogP contribution in [0.4, 0.5) is 4.39 Å². The smallest absolute Gasteiger partial charge is 0.304 e. The number of carbonyl (C=O) groups is 1. The monoisotopic (exact) mass is 442 g/mol. The molecule has 160 valence electrons. The van der Waals surface area contributed by atoms with Gasteiger partial charge in [-0.1, -0.05) is 35.9 Å². The molecular weight excluding hydrogens is 423 g/mol. The Kier molecular flexibility index (Phi) is 6.28. The van der Waals surface area contributed by atoms with Gasteiger partial charge in [0.2, 0.25) is 0 Å². The van der Waals surface area contributed by atoms with Gasteiger partial charge in [-0.2, -0.15) is 0 Å². The Morgan fingerprint density at radius 3 is 2.42 bits per heavy atom. The molecule has 2 atom stereocenters. The normalized spacial score (nSPS) is 15.9. The predicted molar refractivity (Wildman–Crippen MR) is 114 cm³/mol. The fourth-order valence-electron chi connectivity index (χ4n) is 3.46. The van der Waals surface area contributed by atoms with Gasteiger partial charge in [0.25, 0.3) is 0 Å². The number of aliphatic carboxylic acids is 1. The van der Waals surface area contributed by atoms with E-state index in [0.29, 0.717) is 28.9 Å². The minimum absolute atomic E-state index is 0.0962. The Morgan fingerprint density at radius 1 is 1.06 bits per heavy atom. The second kappa shape index (κ2) is 9.27. The number of rotatable bonds is 7. The molecule has 2 unspecified atom stereocenters. The van der Waals surface area contributed by atoms with Crippen LogP contribution in [-0.2, 0) is 4.79 Å². The quantitative estimate of drug-likeness (QED) is 0.537. The maximum Gasteiger partial charge on any atom is 0.304 e. The molecule has 0 amide bonds. The van der Waals surface area contributed by atoms with Crippen LogP contribution in [0.3, 0.4) is 0 Å². The van der Waals surface area contributed by atoms with E-state index in [1.54, 1.807) is 42.5 Å². The molecular formula is C24H20ClFO5. The molecule has 1 aliphatic rings. The number of ether oxygens (including phenoxy) is 3. The van der Waals surface area contributed by atoms with Crippen molar-refractivity contribution in [3.63, 3.8) is 0 Å². The zero-order chi connectivity index (χ0) is 21.8. The largest absolute Gasteiger partial charge is 0.490 e. The van der Waals surface area contributed by atoms with Gasteiger partial charge in [-0.05, 0) is 47.5 Å². The van der Waals surface area contributed by atoms with Crippen LogP contribution in [0.25, 0.3) is 0 Å². The molecule has 0 spiro atoms. The Balaban J connectivity index is 1.41. The molecule has 1 N–H and O–H groups in total. The third kappa shape index (κ3) is 5.27. The van der Waals surface area contributed by atoms with Gasteiger partial charge in [-0.15, -0.1) is 0 Å². The third-order valence-electron chi connectivity index (χ3n) is 4.99. The molecule has 7 heteroatoms. The first kappa shape index (κ1) is 21.0. The number of halogens is 2. The van der Waals surface area contributed by atoms with E-state index in [2.05, 4.69) is 0 Å². The van der Waals surface area contributed by atoms with Crippen molar-refractivity contribution in [3.05, 3.63) is 88.7 Å². The van der Waals surface area contributed by atoms with Crippen LogP contribution in [0.2, 0.25) is 5.02 Å². The average molecular weight is 443 g/mol. The molecule has 0 saturated carbocycles. The lowest BCUT2D eigenvalue weighted by Gasteiger charge is -2.26. The Bertz CT molecular complexity index is 1050. The second-order valence-corrected chi connectivity index (χ2v) is 7.66. The molecule has 0 fully saturated rings. The van der Waals surface area contributed by atoms with E-state index < -0.39 is 5.97 Å². The van der Waals surface area contributed by atoms with Crippen LogP contribution in [0.1, 0.15) is 23.5 Å². The molecule has 1 aliphatic heterocycles. The molecule has 1 heterocycles. The van der Waals surface area contributed by atoms with Crippen molar-refractivity contribution in [1.29, 1.82) is 0 Å². The van der Waals surface area contributed by atoms with E-state index in [1.807, 2.05) is 12.1 Å². The molecule has 0 saturated heterocycles. The Morgan fingerprint density at radius 2 is 1.74 bits per heavy atom. The lowest BCUT2D eigenvalue weighted by atomic mass is 9.88. The first-order valence-corrected chi connectivity index (χ1v) is 10.1. The highest BCUT2D eigenvalue weighted by Gasteiger charge is 2.22.